The summed E-state index contributed by atoms with van der Waals surface area (Å²) in [6.07, 6.45) is 4.45. The number of ether oxygens (including phenoxy) is 1. The molecule has 0 bridgehead atoms. The molecule has 1 aromatic carbocycles. The van der Waals surface area contributed by atoms with Crippen molar-refractivity contribution in [2.75, 3.05) is 19.5 Å². The highest BCUT2D eigenvalue weighted by molar-refractivity contribution is 6.10. The van der Waals surface area contributed by atoms with E-state index in [1.165, 1.54) is 24.8 Å². The molecule has 0 unspecified atom stereocenters. The van der Waals surface area contributed by atoms with Gasteiger partial charge in [0.25, 0.3) is 0 Å². The summed E-state index contributed by atoms with van der Waals surface area (Å²) in [7, 11) is 3.58. The maximum atomic E-state index is 5.53. The van der Waals surface area contributed by atoms with E-state index >= 15 is 0 Å². The van der Waals surface area contributed by atoms with E-state index in [9.17, 15) is 0 Å². The monoisotopic (exact) mass is 268 g/mol. The quantitative estimate of drug-likeness (QED) is 0.793. The van der Waals surface area contributed by atoms with E-state index in [1.807, 2.05) is 7.05 Å². The summed E-state index contributed by atoms with van der Waals surface area (Å²) in [4.78, 5) is 4.45. The average Bonchev–Trinajstić information content (AvgIpc) is 2.76. The van der Waals surface area contributed by atoms with E-state index in [0.29, 0.717) is 0 Å². The summed E-state index contributed by atoms with van der Waals surface area (Å²) >= 11 is 0. The molecule has 104 valence electrons. The summed E-state index contributed by atoms with van der Waals surface area (Å²) in [6.45, 7) is 2.05. The zero-order valence-corrected chi connectivity index (χ0v) is 12.3. The molecule has 0 saturated heterocycles. The molecule has 0 atom stereocenters. The number of anilines is 1. The van der Waals surface area contributed by atoms with Crippen LogP contribution < -0.4 is 10.1 Å². The fraction of sp³-hybridized carbons (Fsp3) is 0.471. The van der Waals surface area contributed by atoms with Crippen LogP contribution >= 0.6 is 0 Å². The molecule has 1 spiro atoms. The van der Waals surface area contributed by atoms with Crippen LogP contribution in [0.25, 0.3) is 0 Å². The summed E-state index contributed by atoms with van der Waals surface area (Å²) in [5, 5.41) is 3.47. The van der Waals surface area contributed by atoms with Crippen LogP contribution in [0, 0.1) is 11.8 Å². The largest absolute Gasteiger partial charge is 0.495 e. The first-order valence-corrected chi connectivity index (χ1v) is 7.21. The minimum absolute atomic E-state index is 0.105. The molecule has 1 aliphatic carbocycles. The number of methoxy groups -OCH3 is 1. The zero-order chi connectivity index (χ0) is 14.2. The number of aliphatic imine (C=N–C) groups is 1. The third-order valence-corrected chi connectivity index (χ3v) is 4.39. The second-order valence-electron chi connectivity index (χ2n) is 5.39. The number of hydrogen-bond donors (Lipinski definition) is 1. The van der Waals surface area contributed by atoms with E-state index in [4.69, 9.17) is 4.74 Å². The van der Waals surface area contributed by atoms with Crippen molar-refractivity contribution in [1.82, 2.24) is 0 Å². The lowest BCUT2D eigenvalue weighted by molar-refractivity contribution is 0.344. The summed E-state index contributed by atoms with van der Waals surface area (Å²) in [6, 6.07) is 4.26. The van der Waals surface area contributed by atoms with Crippen molar-refractivity contribution in [3.8, 4) is 17.6 Å². The molecule has 3 rings (SSSR count). The number of hydrogen-bond acceptors (Lipinski definition) is 2. The Kier molecular flexibility index (Phi) is 3.17. The Morgan fingerprint density at radius 1 is 1.40 bits per heavy atom. The van der Waals surface area contributed by atoms with Gasteiger partial charge >= 0.3 is 0 Å². The number of nitrogens with zero attached hydrogens (tertiary/aromatic N) is 1. The predicted octanol–water partition coefficient (Wildman–Crippen LogP) is 3.33. The Balaban J connectivity index is 2.13. The van der Waals surface area contributed by atoms with Crippen molar-refractivity contribution in [2.24, 2.45) is 4.99 Å². The van der Waals surface area contributed by atoms with Crippen LogP contribution in [0.1, 0.15) is 43.7 Å². The summed E-state index contributed by atoms with van der Waals surface area (Å²) < 4.78 is 5.53. The molecule has 1 aromatic rings. The summed E-state index contributed by atoms with van der Waals surface area (Å²) in [5.41, 5.74) is 3.52. The molecule has 0 radical (unpaired) electrons. The van der Waals surface area contributed by atoms with Crippen molar-refractivity contribution in [2.45, 2.75) is 38.0 Å². The smallest absolute Gasteiger partial charge is 0.134 e. The van der Waals surface area contributed by atoms with Crippen molar-refractivity contribution in [3.05, 3.63) is 23.3 Å². The number of nitrogens with one attached hydrogen (secondary N) is 1. The van der Waals surface area contributed by atoms with Crippen molar-refractivity contribution >= 4 is 11.5 Å². The van der Waals surface area contributed by atoms with E-state index in [0.717, 1.165) is 29.3 Å². The van der Waals surface area contributed by atoms with Crippen LogP contribution in [0.5, 0.6) is 5.75 Å². The topological polar surface area (TPSA) is 33.6 Å². The molecule has 3 heteroatoms. The lowest BCUT2D eigenvalue weighted by Gasteiger charge is -2.38. The third-order valence-electron chi connectivity index (χ3n) is 4.39. The standard InChI is InChI=1S/C17H20N2O/c1-4-5-7-12-10-14-13(11-15(12)20-3)17(8-6-9-17)16(18-2)19-14/h10-11H,4,6,8-9H2,1-3H3,(H,18,19). The van der Waals surface area contributed by atoms with Gasteiger partial charge in [-0.1, -0.05) is 25.2 Å². The fourth-order valence-electron chi connectivity index (χ4n) is 3.21. The molecule has 0 amide bonds. The Morgan fingerprint density at radius 3 is 2.75 bits per heavy atom. The normalized spacial score (nSPS) is 19.9. The molecule has 1 N–H and O–H groups in total. The lowest BCUT2D eigenvalue weighted by Crippen LogP contribution is -2.41. The van der Waals surface area contributed by atoms with E-state index in [2.05, 4.69) is 41.2 Å². The third kappa shape index (κ3) is 1.71. The van der Waals surface area contributed by atoms with Crippen molar-refractivity contribution in [3.63, 3.8) is 0 Å². The summed E-state index contributed by atoms with van der Waals surface area (Å²) in [5.74, 6) is 8.27. The minimum Gasteiger partial charge on any atom is -0.495 e. The van der Waals surface area contributed by atoms with Crippen LogP contribution in [0.2, 0.25) is 0 Å². The Morgan fingerprint density at radius 2 is 2.20 bits per heavy atom. The van der Waals surface area contributed by atoms with Crippen molar-refractivity contribution in [1.29, 1.82) is 0 Å². The van der Waals surface area contributed by atoms with Gasteiger partial charge in [-0.05, 0) is 30.5 Å². The highest BCUT2D eigenvalue weighted by Gasteiger charge is 2.49. The van der Waals surface area contributed by atoms with Gasteiger partial charge in [-0.3, -0.25) is 4.99 Å². The average molecular weight is 268 g/mol. The van der Waals surface area contributed by atoms with Gasteiger partial charge in [0, 0.05) is 19.2 Å². The number of rotatable bonds is 1. The zero-order valence-electron chi connectivity index (χ0n) is 12.3. The van der Waals surface area contributed by atoms with Crippen molar-refractivity contribution < 1.29 is 4.74 Å². The van der Waals surface area contributed by atoms with Gasteiger partial charge in [0.2, 0.25) is 0 Å². The van der Waals surface area contributed by atoms with Crippen LogP contribution in [-0.2, 0) is 5.41 Å². The minimum atomic E-state index is 0.105. The molecule has 2 aliphatic rings. The lowest BCUT2D eigenvalue weighted by atomic mass is 9.65. The van der Waals surface area contributed by atoms with Gasteiger partial charge in [0.15, 0.2) is 0 Å². The second-order valence-corrected chi connectivity index (χ2v) is 5.39. The van der Waals surface area contributed by atoms with Crippen LogP contribution in [0.15, 0.2) is 17.1 Å². The van der Waals surface area contributed by atoms with Gasteiger partial charge in [-0.25, -0.2) is 0 Å². The highest BCUT2D eigenvalue weighted by Crippen LogP contribution is 2.52. The molecule has 1 fully saturated rings. The maximum Gasteiger partial charge on any atom is 0.134 e. The van der Waals surface area contributed by atoms with Crippen LogP contribution in [-0.4, -0.2) is 20.0 Å². The molecular formula is C17H20N2O. The fourth-order valence-corrected chi connectivity index (χ4v) is 3.21. The Labute approximate surface area is 120 Å². The highest BCUT2D eigenvalue weighted by atomic mass is 16.5. The predicted molar refractivity (Wildman–Crippen MR) is 82.7 cm³/mol. The first-order valence-electron chi connectivity index (χ1n) is 7.21. The molecule has 20 heavy (non-hydrogen) atoms. The van der Waals surface area contributed by atoms with E-state index in [-0.39, 0.29) is 5.41 Å². The first kappa shape index (κ1) is 13.1. The molecule has 3 nitrogen and oxygen atoms in total. The number of benzene rings is 1. The SMILES string of the molecule is CCC#Cc1cc2c(cc1OC)C1(CCC1)C(=NC)N2. The second kappa shape index (κ2) is 4.86. The Hall–Kier alpha value is -1.95. The van der Waals surface area contributed by atoms with Crippen LogP contribution in [0.3, 0.4) is 0 Å². The number of fused-ring (bicyclic) bond motifs is 2. The molecular weight excluding hydrogens is 248 g/mol. The Bertz CT molecular complexity index is 630. The van der Waals surface area contributed by atoms with Gasteiger partial charge in [-0.15, -0.1) is 0 Å². The number of amidine groups is 1. The van der Waals surface area contributed by atoms with Crippen LogP contribution in [0.4, 0.5) is 5.69 Å². The first-order chi connectivity index (χ1) is 9.75. The molecule has 0 aromatic heterocycles. The maximum absolute atomic E-state index is 5.53. The van der Waals surface area contributed by atoms with Gasteiger partial charge in [-0.2, -0.15) is 0 Å². The van der Waals surface area contributed by atoms with E-state index < -0.39 is 0 Å². The van der Waals surface area contributed by atoms with E-state index in [1.54, 1.807) is 7.11 Å². The molecule has 1 saturated carbocycles. The molecule has 1 aliphatic heterocycles. The van der Waals surface area contributed by atoms with Gasteiger partial charge in [0.1, 0.15) is 11.6 Å². The molecule has 1 heterocycles. The van der Waals surface area contributed by atoms with Gasteiger partial charge < -0.3 is 10.1 Å². The van der Waals surface area contributed by atoms with Gasteiger partial charge in [0.05, 0.1) is 18.1 Å².